The summed E-state index contributed by atoms with van der Waals surface area (Å²) >= 11 is 0. The zero-order valence-corrected chi connectivity index (χ0v) is 26.0. The van der Waals surface area contributed by atoms with E-state index in [1.165, 1.54) is 0 Å². The normalized spacial score (nSPS) is 60.3. The van der Waals surface area contributed by atoms with Gasteiger partial charge in [0.1, 0.15) is 6.10 Å². The Labute approximate surface area is 248 Å². The minimum absolute atomic E-state index is 0.0442. The highest BCUT2D eigenvalue weighted by Gasteiger charge is 2.71. The predicted octanol–water partition coefficient (Wildman–Crippen LogP) is 5.71. The zero-order chi connectivity index (χ0) is 29.2. The molecule has 236 valence electrons. The second-order valence-corrected chi connectivity index (χ2v) is 15.6. The largest absolute Gasteiger partial charge is 0.411 e. The maximum atomic E-state index is 10.5. The van der Waals surface area contributed by atoms with Crippen LogP contribution in [-0.4, -0.2) is 58.5 Å². The molecule has 8 saturated heterocycles. The third kappa shape index (κ3) is 3.76. The molecule has 2 aliphatic carbocycles. The number of fused-ring (bicyclic) bond motifs is 4. The molecule has 8 heterocycles. The Morgan fingerprint density at radius 3 is 1.74 bits per heavy atom. The molecule has 2 saturated carbocycles. The maximum absolute atomic E-state index is 10.5. The van der Waals surface area contributed by atoms with Crippen LogP contribution in [-0.2, 0) is 38.5 Å². The van der Waals surface area contributed by atoms with E-state index in [0.717, 1.165) is 51.4 Å². The van der Waals surface area contributed by atoms with Crippen LogP contribution in [0.1, 0.15) is 99.3 Å². The molecule has 10 aliphatic rings. The van der Waals surface area contributed by atoms with Crippen LogP contribution < -0.4 is 0 Å². The van der Waals surface area contributed by atoms with Crippen molar-refractivity contribution in [3.8, 4) is 0 Å². The van der Waals surface area contributed by atoms with E-state index >= 15 is 0 Å². The summed E-state index contributed by atoms with van der Waals surface area (Å²) in [5, 5.41) is 14.4. The van der Waals surface area contributed by atoms with E-state index < -0.39 is 41.5 Å². The fraction of sp³-hybridized carbons (Fsp3) is 0.969. The lowest BCUT2D eigenvalue weighted by atomic mass is 9.56. The third-order valence-electron chi connectivity index (χ3n) is 13.3. The van der Waals surface area contributed by atoms with Crippen molar-refractivity contribution in [3.63, 3.8) is 0 Å². The molecular weight excluding hydrogens is 542 g/mol. The summed E-state index contributed by atoms with van der Waals surface area (Å²) in [4.78, 5) is 24.6. The number of hydrogen-bond acceptors (Lipinski definition) is 10. The van der Waals surface area contributed by atoms with Gasteiger partial charge in [0.25, 0.3) is 0 Å². The van der Waals surface area contributed by atoms with Gasteiger partial charge in [-0.25, -0.2) is 19.6 Å². The number of hydrogen-bond donors (Lipinski definition) is 1. The highest BCUT2D eigenvalue weighted by Crippen LogP contribution is 2.63. The SMILES string of the molecule is C[C@H]1[C@@H](/C(C[C@H]2O[C@@H]3O[C@]4(C)CC[C@H]5[C@H](C)CC[C@@H]([C@H]2C)[C@@]35OO4)=N\O)O[C@@H]2O[C@]3(C)CC[C@H]4[C@H](C)CC[C@@H]1[C@@]24OO3. The van der Waals surface area contributed by atoms with Crippen LogP contribution in [0.15, 0.2) is 5.16 Å². The van der Waals surface area contributed by atoms with Gasteiger partial charge in [0, 0.05) is 31.1 Å². The van der Waals surface area contributed by atoms with Crippen molar-refractivity contribution in [2.24, 2.45) is 52.5 Å². The molecule has 0 aromatic heterocycles. The van der Waals surface area contributed by atoms with Crippen molar-refractivity contribution in [1.29, 1.82) is 0 Å². The third-order valence-corrected chi connectivity index (χ3v) is 13.3. The number of rotatable bonds is 3. The van der Waals surface area contributed by atoms with Crippen LogP contribution >= 0.6 is 0 Å². The number of oxime groups is 1. The number of nitrogens with zero attached hydrogens (tertiary/aromatic N) is 1. The minimum Gasteiger partial charge on any atom is -0.411 e. The maximum Gasteiger partial charge on any atom is 0.201 e. The van der Waals surface area contributed by atoms with Gasteiger partial charge in [0.05, 0.1) is 11.8 Å². The van der Waals surface area contributed by atoms with E-state index in [2.05, 4.69) is 32.9 Å². The lowest BCUT2D eigenvalue weighted by molar-refractivity contribution is -0.571. The monoisotopic (exact) mass is 591 g/mol. The van der Waals surface area contributed by atoms with Gasteiger partial charge in [0.2, 0.25) is 11.6 Å². The van der Waals surface area contributed by atoms with Crippen LogP contribution in [0, 0.1) is 47.3 Å². The molecule has 4 bridgehead atoms. The first-order valence-electron chi connectivity index (χ1n) is 16.6. The van der Waals surface area contributed by atoms with Crippen LogP contribution in [0.5, 0.6) is 0 Å². The summed E-state index contributed by atoms with van der Waals surface area (Å²) in [5.41, 5.74) is -0.674. The molecule has 2 spiro atoms. The summed E-state index contributed by atoms with van der Waals surface area (Å²) in [5.74, 6) is 0.478. The van der Waals surface area contributed by atoms with Gasteiger partial charge >= 0.3 is 0 Å². The van der Waals surface area contributed by atoms with E-state index in [-0.39, 0.29) is 35.7 Å². The van der Waals surface area contributed by atoms with Crippen molar-refractivity contribution < 1.29 is 43.7 Å². The van der Waals surface area contributed by atoms with Crippen LogP contribution in [0.3, 0.4) is 0 Å². The van der Waals surface area contributed by atoms with Crippen molar-refractivity contribution in [2.45, 2.75) is 147 Å². The highest BCUT2D eigenvalue weighted by atomic mass is 17.3. The Hall–Kier alpha value is -0.850. The van der Waals surface area contributed by atoms with E-state index in [1.807, 2.05) is 13.8 Å². The first-order chi connectivity index (χ1) is 20.0. The predicted molar refractivity (Wildman–Crippen MR) is 147 cm³/mol. The summed E-state index contributed by atoms with van der Waals surface area (Å²) in [6.07, 6.45) is 6.49. The molecule has 10 heteroatoms. The zero-order valence-electron chi connectivity index (χ0n) is 26.0. The summed E-state index contributed by atoms with van der Waals surface area (Å²) in [6.45, 7) is 13.0. The van der Waals surface area contributed by atoms with Gasteiger partial charge in [0.15, 0.2) is 23.8 Å². The smallest absolute Gasteiger partial charge is 0.201 e. The Morgan fingerprint density at radius 2 is 1.19 bits per heavy atom. The summed E-state index contributed by atoms with van der Waals surface area (Å²) < 4.78 is 26.8. The fourth-order valence-corrected chi connectivity index (χ4v) is 10.9. The molecule has 1 N–H and O–H groups in total. The van der Waals surface area contributed by atoms with E-state index in [0.29, 0.717) is 29.9 Å². The number of ether oxygens (including phenoxy) is 4. The van der Waals surface area contributed by atoms with Gasteiger partial charge in [-0.3, -0.25) is 0 Å². The Balaban J connectivity index is 1.08. The fourth-order valence-electron chi connectivity index (χ4n) is 10.9. The van der Waals surface area contributed by atoms with Crippen LogP contribution in [0.2, 0.25) is 0 Å². The van der Waals surface area contributed by atoms with Crippen LogP contribution in [0.25, 0.3) is 0 Å². The topological polar surface area (TPSA) is 106 Å². The average molecular weight is 592 g/mol. The molecule has 0 radical (unpaired) electrons. The van der Waals surface area contributed by atoms with Crippen LogP contribution in [0.4, 0.5) is 0 Å². The first-order valence-corrected chi connectivity index (χ1v) is 16.6. The van der Waals surface area contributed by atoms with E-state index in [1.54, 1.807) is 0 Å². The molecule has 0 unspecified atom stereocenters. The van der Waals surface area contributed by atoms with Crippen molar-refractivity contribution in [2.75, 3.05) is 0 Å². The molecule has 10 fully saturated rings. The standard InChI is InChI=1S/C32H49NO9/c1-16-7-9-22-18(3)25(35-27-31(22)20(16)11-13-29(5,37-27)39-41-31)15-24(33-34)26-19(4)23-10-8-17(2)21-12-14-30(6)38-28(36-26)32(21,23)42-40-30/h16-23,25-28,34H,7-15H2,1-6H3/b33-24-/t16-,17-,18-,19-,20+,21+,22+,23+,25-,26+,27-,28-,29+,30+,31-,32-/m1/s1. The van der Waals surface area contributed by atoms with Gasteiger partial charge in [-0.1, -0.05) is 32.9 Å². The molecule has 10 rings (SSSR count). The van der Waals surface area contributed by atoms with Crippen molar-refractivity contribution >= 4 is 5.71 Å². The second kappa shape index (κ2) is 9.58. The molecule has 0 aromatic carbocycles. The van der Waals surface area contributed by atoms with Gasteiger partial charge in [-0.15, -0.1) is 0 Å². The molecular formula is C32H49NO9. The molecule has 0 aromatic rings. The van der Waals surface area contributed by atoms with Crippen molar-refractivity contribution in [1.82, 2.24) is 0 Å². The Bertz CT molecular complexity index is 1120. The molecule has 8 aliphatic heterocycles. The van der Waals surface area contributed by atoms with E-state index in [9.17, 15) is 5.21 Å². The van der Waals surface area contributed by atoms with Gasteiger partial charge in [-0.2, -0.15) is 0 Å². The quantitative estimate of drug-likeness (QED) is 0.191. The Morgan fingerprint density at radius 1 is 0.667 bits per heavy atom. The summed E-state index contributed by atoms with van der Waals surface area (Å²) in [6, 6.07) is 0. The van der Waals surface area contributed by atoms with E-state index in [4.69, 9.17) is 38.5 Å². The lowest BCUT2D eigenvalue weighted by Gasteiger charge is -2.61. The van der Waals surface area contributed by atoms with Gasteiger partial charge < -0.3 is 24.2 Å². The molecule has 16 atom stereocenters. The first kappa shape index (κ1) is 28.6. The highest BCUT2D eigenvalue weighted by molar-refractivity contribution is 5.89. The second-order valence-electron chi connectivity index (χ2n) is 15.6. The minimum atomic E-state index is -0.850. The molecule has 10 nitrogen and oxygen atoms in total. The molecule has 42 heavy (non-hydrogen) atoms. The Kier molecular flexibility index (Phi) is 6.53. The van der Waals surface area contributed by atoms with Gasteiger partial charge in [-0.05, 0) is 87.9 Å². The molecule has 0 amide bonds. The summed E-state index contributed by atoms with van der Waals surface area (Å²) in [7, 11) is 0. The van der Waals surface area contributed by atoms with Crippen molar-refractivity contribution in [3.05, 3.63) is 0 Å². The lowest BCUT2D eigenvalue weighted by Crippen LogP contribution is -2.71. The average Bonchev–Trinajstić information content (AvgIpc) is 3.34.